The molecule has 0 radical (unpaired) electrons. The molecule has 0 atom stereocenters. The Bertz CT molecular complexity index is 547. The second-order valence-corrected chi connectivity index (χ2v) is 5.37. The van der Waals surface area contributed by atoms with Gasteiger partial charge in [-0.1, -0.05) is 0 Å². The number of sulfone groups is 1. The van der Waals surface area contributed by atoms with Crippen LogP contribution < -0.4 is 4.74 Å². The quantitative estimate of drug-likeness (QED) is 0.792. The van der Waals surface area contributed by atoms with Gasteiger partial charge in [0.2, 0.25) is 9.84 Å². The van der Waals surface area contributed by atoms with E-state index in [2.05, 4.69) is 9.98 Å². The zero-order valence-electron chi connectivity index (χ0n) is 8.62. The number of aliphatic imine (C=N–C) groups is 1. The third-order valence-corrected chi connectivity index (χ3v) is 3.92. The minimum absolute atomic E-state index is 0.0360. The van der Waals surface area contributed by atoms with Crippen molar-refractivity contribution in [3.8, 4) is 5.75 Å². The van der Waals surface area contributed by atoms with Crippen molar-refractivity contribution in [2.75, 3.05) is 6.61 Å². The average Bonchev–Trinajstić information content (AvgIpc) is 2.53. The molecular weight excluding hydrogens is 228 g/mol. The Kier molecular flexibility index (Phi) is 2.74. The predicted octanol–water partition coefficient (Wildman–Crippen LogP) is 1.15. The van der Waals surface area contributed by atoms with Gasteiger partial charge in [-0.3, -0.25) is 4.98 Å². The Morgan fingerprint density at radius 2 is 2.25 bits per heavy atom. The highest BCUT2D eigenvalue weighted by Crippen LogP contribution is 2.17. The number of ether oxygens (including phenoxy) is 1. The summed E-state index contributed by atoms with van der Waals surface area (Å²) in [6.07, 6.45) is 4.46. The van der Waals surface area contributed by atoms with Gasteiger partial charge in [-0.25, -0.2) is 13.4 Å². The van der Waals surface area contributed by atoms with Crippen molar-refractivity contribution < 1.29 is 13.2 Å². The van der Waals surface area contributed by atoms with E-state index >= 15 is 0 Å². The van der Waals surface area contributed by atoms with E-state index in [9.17, 15) is 8.42 Å². The van der Waals surface area contributed by atoms with Gasteiger partial charge in [0.1, 0.15) is 12.4 Å². The molecule has 6 heteroatoms. The largest absolute Gasteiger partial charge is 0.485 e. The Balaban J connectivity index is 2.05. The first-order valence-electron chi connectivity index (χ1n) is 4.62. The molecule has 1 aromatic rings. The Hall–Kier alpha value is -1.69. The summed E-state index contributed by atoms with van der Waals surface area (Å²) in [5.74, 6) is 0.518. The normalized spacial score (nSPS) is 17.8. The number of hydrogen-bond donors (Lipinski definition) is 0. The lowest BCUT2D eigenvalue weighted by atomic mass is 10.5. The number of pyridine rings is 1. The highest BCUT2D eigenvalue weighted by molar-refractivity contribution is 8.10. The molecule has 0 spiro atoms. The van der Waals surface area contributed by atoms with Crippen molar-refractivity contribution in [3.63, 3.8) is 0 Å². The van der Waals surface area contributed by atoms with Gasteiger partial charge in [0, 0.05) is 12.4 Å². The highest BCUT2D eigenvalue weighted by Gasteiger charge is 2.26. The van der Waals surface area contributed by atoms with Crippen molar-refractivity contribution in [1.82, 2.24) is 4.98 Å². The molecule has 2 rings (SSSR count). The van der Waals surface area contributed by atoms with Gasteiger partial charge in [0.15, 0.2) is 5.04 Å². The van der Waals surface area contributed by atoms with Gasteiger partial charge < -0.3 is 4.74 Å². The SMILES string of the molecule is CC1=CN=C(COc2cccnc2)S1(=O)=O. The Labute approximate surface area is 93.4 Å². The molecule has 0 saturated heterocycles. The lowest BCUT2D eigenvalue weighted by Crippen LogP contribution is -2.19. The number of hydrogen-bond acceptors (Lipinski definition) is 5. The van der Waals surface area contributed by atoms with Gasteiger partial charge in [-0.2, -0.15) is 0 Å². The predicted molar refractivity (Wildman–Crippen MR) is 59.8 cm³/mol. The van der Waals surface area contributed by atoms with E-state index in [0.29, 0.717) is 5.75 Å². The maximum Gasteiger partial charge on any atom is 0.220 e. The standard InChI is InChI=1S/C10H10N2O3S/c1-8-5-12-10(16(8,13)14)7-15-9-3-2-4-11-6-9/h2-6H,7H2,1H3. The van der Waals surface area contributed by atoms with Crippen molar-refractivity contribution in [2.45, 2.75) is 6.92 Å². The molecule has 0 fully saturated rings. The van der Waals surface area contributed by atoms with Crippen LogP contribution in [0.2, 0.25) is 0 Å². The molecule has 1 aliphatic rings. The molecule has 1 aliphatic heterocycles. The van der Waals surface area contributed by atoms with Crippen LogP contribution in [0, 0.1) is 0 Å². The fourth-order valence-corrected chi connectivity index (χ4v) is 2.15. The second kappa shape index (κ2) is 4.05. The Morgan fingerprint density at radius 1 is 1.44 bits per heavy atom. The molecule has 84 valence electrons. The van der Waals surface area contributed by atoms with Crippen molar-refractivity contribution in [2.24, 2.45) is 4.99 Å². The topological polar surface area (TPSA) is 68.6 Å². The first-order valence-corrected chi connectivity index (χ1v) is 6.10. The summed E-state index contributed by atoms with van der Waals surface area (Å²) >= 11 is 0. The van der Waals surface area contributed by atoms with Gasteiger partial charge in [-0.15, -0.1) is 0 Å². The van der Waals surface area contributed by atoms with E-state index in [1.165, 1.54) is 19.3 Å². The summed E-state index contributed by atoms with van der Waals surface area (Å²) in [5.41, 5.74) is 0. The molecule has 0 amide bonds. The zero-order chi connectivity index (χ0) is 11.6. The zero-order valence-corrected chi connectivity index (χ0v) is 9.44. The maximum atomic E-state index is 11.6. The lowest BCUT2D eigenvalue weighted by Gasteiger charge is -2.05. The highest BCUT2D eigenvalue weighted by atomic mass is 32.2. The summed E-state index contributed by atoms with van der Waals surface area (Å²) in [7, 11) is -3.37. The molecule has 0 aliphatic carbocycles. The van der Waals surface area contributed by atoms with E-state index in [4.69, 9.17) is 4.74 Å². The Morgan fingerprint density at radius 3 is 2.81 bits per heavy atom. The molecule has 0 N–H and O–H groups in total. The van der Waals surface area contributed by atoms with E-state index in [1.807, 2.05) is 0 Å². The van der Waals surface area contributed by atoms with E-state index in [0.717, 1.165) is 0 Å². The van der Waals surface area contributed by atoms with Gasteiger partial charge in [0.25, 0.3) is 0 Å². The molecule has 16 heavy (non-hydrogen) atoms. The fourth-order valence-electron chi connectivity index (χ4n) is 1.18. The fraction of sp³-hybridized carbons (Fsp3) is 0.200. The van der Waals surface area contributed by atoms with Gasteiger partial charge in [-0.05, 0) is 19.1 Å². The molecule has 0 bridgehead atoms. The number of allylic oxidation sites excluding steroid dienone is 1. The minimum atomic E-state index is -3.37. The molecule has 0 unspecified atom stereocenters. The molecule has 0 saturated carbocycles. The first-order chi connectivity index (χ1) is 7.60. The molecule has 5 nitrogen and oxygen atoms in total. The number of rotatable bonds is 3. The summed E-state index contributed by atoms with van der Waals surface area (Å²) in [4.78, 5) is 7.91. The van der Waals surface area contributed by atoms with Gasteiger partial charge >= 0.3 is 0 Å². The third kappa shape index (κ3) is 1.96. The van der Waals surface area contributed by atoms with Crippen molar-refractivity contribution in [3.05, 3.63) is 35.6 Å². The first kappa shape index (κ1) is 10.8. The van der Waals surface area contributed by atoms with Crippen molar-refractivity contribution >= 4 is 14.9 Å². The van der Waals surface area contributed by atoms with E-state index in [1.54, 1.807) is 18.3 Å². The summed E-state index contributed by atoms with van der Waals surface area (Å²) in [6, 6.07) is 3.42. The van der Waals surface area contributed by atoms with Crippen LogP contribution in [0.3, 0.4) is 0 Å². The second-order valence-electron chi connectivity index (χ2n) is 3.24. The third-order valence-electron chi connectivity index (χ3n) is 2.12. The van der Waals surface area contributed by atoms with E-state index < -0.39 is 9.84 Å². The molecular formula is C10H10N2O3S. The van der Waals surface area contributed by atoms with Crippen LogP contribution in [0.4, 0.5) is 0 Å². The number of nitrogens with zero attached hydrogens (tertiary/aromatic N) is 2. The minimum Gasteiger partial charge on any atom is -0.485 e. The summed E-state index contributed by atoms with van der Waals surface area (Å²) in [5, 5.41) is 0.0360. The van der Waals surface area contributed by atoms with Gasteiger partial charge in [0.05, 0.1) is 11.1 Å². The summed E-state index contributed by atoms with van der Waals surface area (Å²) < 4.78 is 28.5. The smallest absolute Gasteiger partial charge is 0.220 e. The molecule has 1 aromatic heterocycles. The van der Waals surface area contributed by atoms with Crippen LogP contribution in [-0.4, -0.2) is 25.1 Å². The van der Waals surface area contributed by atoms with E-state index in [-0.39, 0.29) is 16.6 Å². The van der Waals surface area contributed by atoms with Crippen LogP contribution in [0.5, 0.6) is 5.75 Å². The van der Waals surface area contributed by atoms with Crippen LogP contribution in [0.1, 0.15) is 6.92 Å². The monoisotopic (exact) mass is 238 g/mol. The van der Waals surface area contributed by atoms with Crippen LogP contribution in [-0.2, 0) is 9.84 Å². The van der Waals surface area contributed by atoms with Crippen LogP contribution in [0.25, 0.3) is 0 Å². The number of aromatic nitrogens is 1. The summed E-state index contributed by atoms with van der Waals surface area (Å²) in [6.45, 7) is 1.44. The molecule has 0 aromatic carbocycles. The lowest BCUT2D eigenvalue weighted by molar-refractivity contribution is 0.377. The van der Waals surface area contributed by atoms with Crippen molar-refractivity contribution in [1.29, 1.82) is 0 Å². The van der Waals surface area contributed by atoms with Crippen LogP contribution in [0.15, 0.2) is 40.6 Å². The van der Waals surface area contributed by atoms with Crippen LogP contribution >= 0.6 is 0 Å². The molecule has 2 heterocycles. The maximum absolute atomic E-state index is 11.6. The average molecular weight is 238 g/mol.